The molecule has 5 nitrogen and oxygen atoms in total. The van der Waals surface area contributed by atoms with E-state index in [9.17, 15) is 13.2 Å². The van der Waals surface area contributed by atoms with E-state index in [4.69, 9.17) is 5.11 Å². The SMILES string of the molecule is CC1(C)CC1CNS(=O)(=O)CCCC(=O)O. The summed E-state index contributed by atoms with van der Waals surface area (Å²) in [5.41, 5.74) is 0.254. The van der Waals surface area contributed by atoms with E-state index in [0.717, 1.165) is 6.42 Å². The fraction of sp³-hybridized carbons (Fsp3) is 0.900. The van der Waals surface area contributed by atoms with Gasteiger partial charge in [0.25, 0.3) is 0 Å². The number of carbonyl (C=O) groups is 1. The molecule has 1 unspecified atom stereocenters. The molecule has 0 saturated heterocycles. The molecule has 0 aromatic carbocycles. The third-order valence-electron chi connectivity index (χ3n) is 3.07. The number of rotatable bonds is 7. The van der Waals surface area contributed by atoms with Crippen molar-refractivity contribution in [2.24, 2.45) is 11.3 Å². The highest BCUT2D eigenvalue weighted by molar-refractivity contribution is 7.89. The number of carboxylic acids is 1. The topological polar surface area (TPSA) is 83.5 Å². The minimum Gasteiger partial charge on any atom is -0.481 e. The van der Waals surface area contributed by atoms with Crippen LogP contribution in [-0.2, 0) is 14.8 Å². The molecule has 0 aliphatic heterocycles. The first kappa shape index (κ1) is 13.4. The molecule has 0 spiro atoms. The zero-order valence-electron chi connectivity index (χ0n) is 9.69. The van der Waals surface area contributed by atoms with Crippen LogP contribution < -0.4 is 4.72 Å². The van der Waals surface area contributed by atoms with E-state index in [0.29, 0.717) is 12.5 Å². The number of hydrogen-bond acceptors (Lipinski definition) is 3. The summed E-state index contributed by atoms with van der Waals surface area (Å²) in [5, 5.41) is 8.39. The summed E-state index contributed by atoms with van der Waals surface area (Å²) in [4.78, 5) is 10.2. The van der Waals surface area contributed by atoms with Crippen molar-refractivity contribution in [3.63, 3.8) is 0 Å². The van der Waals surface area contributed by atoms with Crippen molar-refractivity contribution >= 4 is 16.0 Å². The highest BCUT2D eigenvalue weighted by atomic mass is 32.2. The Hall–Kier alpha value is -0.620. The van der Waals surface area contributed by atoms with Gasteiger partial charge < -0.3 is 5.11 Å². The monoisotopic (exact) mass is 249 g/mol. The Morgan fingerprint density at radius 1 is 1.50 bits per heavy atom. The van der Waals surface area contributed by atoms with Gasteiger partial charge in [0.15, 0.2) is 0 Å². The van der Waals surface area contributed by atoms with E-state index in [-0.39, 0.29) is 24.0 Å². The maximum absolute atomic E-state index is 11.5. The molecule has 1 aliphatic rings. The first-order valence-corrected chi connectivity index (χ1v) is 7.07. The molecule has 0 aromatic heterocycles. The fourth-order valence-corrected chi connectivity index (χ4v) is 2.76. The van der Waals surface area contributed by atoms with Gasteiger partial charge in [-0.05, 0) is 24.2 Å². The van der Waals surface area contributed by atoms with Gasteiger partial charge in [-0.3, -0.25) is 4.79 Å². The van der Waals surface area contributed by atoms with Crippen molar-refractivity contribution in [1.29, 1.82) is 0 Å². The Bertz CT molecular complexity index is 361. The molecule has 0 bridgehead atoms. The summed E-state index contributed by atoms with van der Waals surface area (Å²) < 4.78 is 25.4. The maximum Gasteiger partial charge on any atom is 0.303 e. The molecule has 0 aromatic rings. The second-order valence-corrected chi connectivity index (χ2v) is 6.98. The highest BCUT2D eigenvalue weighted by Crippen LogP contribution is 2.51. The molecule has 16 heavy (non-hydrogen) atoms. The lowest BCUT2D eigenvalue weighted by Crippen LogP contribution is -2.29. The summed E-state index contributed by atoms with van der Waals surface area (Å²) in [5.74, 6) is -0.646. The molecule has 0 radical (unpaired) electrons. The molecule has 1 saturated carbocycles. The zero-order chi connectivity index (χ0) is 12.4. The quantitative estimate of drug-likeness (QED) is 0.699. The number of carboxylic acid groups (broad SMARTS) is 1. The van der Waals surface area contributed by atoms with Crippen molar-refractivity contribution in [2.75, 3.05) is 12.3 Å². The third-order valence-corrected chi connectivity index (χ3v) is 4.50. The average molecular weight is 249 g/mol. The maximum atomic E-state index is 11.5. The summed E-state index contributed by atoms with van der Waals surface area (Å²) in [6, 6.07) is 0. The van der Waals surface area contributed by atoms with Crippen LogP contribution in [0.2, 0.25) is 0 Å². The highest BCUT2D eigenvalue weighted by Gasteiger charge is 2.45. The summed E-state index contributed by atoms with van der Waals surface area (Å²) in [7, 11) is -3.30. The minimum absolute atomic E-state index is 0.101. The van der Waals surface area contributed by atoms with Gasteiger partial charge in [-0.2, -0.15) is 0 Å². The van der Waals surface area contributed by atoms with Crippen molar-refractivity contribution in [3.05, 3.63) is 0 Å². The van der Waals surface area contributed by atoms with Crippen LogP contribution in [0.5, 0.6) is 0 Å². The molecule has 1 atom stereocenters. The van der Waals surface area contributed by atoms with Crippen LogP contribution >= 0.6 is 0 Å². The normalized spacial score (nSPS) is 23.0. The van der Waals surface area contributed by atoms with Crippen LogP contribution in [0, 0.1) is 11.3 Å². The van der Waals surface area contributed by atoms with Crippen molar-refractivity contribution in [2.45, 2.75) is 33.1 Å². The summed E-state index contributed by atoms with van der Waals surface area (Å²) in [6.45, 7) is 4.69. The lowest BCUT2D eigenvalue weighted by atomic mass is 10.1. The van der Waals surface area contributed by atoms with Gasteiger partial charge in [-0.15, -0.1) is 0 Å². The fourth-order valence-electron chi connectivity index (χ4n) is 1.64. The largest absolute Gasteiger partial charge is 0.481 e. The summed E-state index contributed by atoms with van der Waals surface area (Å²) in [6.07, 6.45) is 1.11. The second-order valence-electron chi connectivity index (χ2n) is 5.05. The third kappa shape index (κ3) is 4.49. The van der Waals surface area contributed by atoms with Crippen LogP contribution in [0.1, 0.15) is 33.1 Å². The van der Waals surface area contributed by atoms with Gasteiger partial charge in [-0.25, -0.2) is 13.1 Å². The van der Waals surface area contributed by atoms with Gasteiger partial charge in [0.05, 0.1) is 5.75 Å². The van der Waals surface area contributed by atoms with E-state index in [1.807, 2.05) is 0 Å². The van der Waals surface area contributed by atoms with Gasteiger partial charge in [0.2, 0.25) is 10.0 Å². The minimum atomic E-state index is -3.30. The molecule has 1 rings (SSSR count). The first-order valence-electron chi connectivity index (χ1n) is 5.42. The summed E-state index contributed by atoms with van der Waals surface area (Å²) >= 11 is 0. The van der Waals surface area contributed by atoms with E-state index < -0.39 is 16.0 Å². The average Bonchev–Trinajstić information content (AvgIpc) is 2.70. The Labute approximate surface area is 96.3 Å². The van der Waals surface area contributed by atoms with Crippen LogP contribution in [0.25, 0.3) is 0 Å². The number of aliphatic carboxylic acids is 1. The van der Waals surface area contributed by atoms with E-state index in [2.05, 4.69) is 18.6 Å². The number of hydrogen-bond donors (Lipinski definition) is 2. The van der Waals surface area contributed by atoms with Crippen LogP contribution in [0.4, 0.5) is 0 Å². The van der Waals surface area contributed by atoms with Crippen molar-refractivity contribution in [1.82, 2.24) is 4.72 Å². The molecular weight excluding hydrogens is 230 g/mol. The lowest BCUT2D eigenvalue weighted by molar-refractivity contribution is -0.137. The van der Waals surface area contributed by atoms with Crippen LogP contribution in [0.15, 0.2) is 0 Å². The molecular formula is C10H19NO4S. The standard InChI is InChI=1S/C10H19NO4S/c1-10(2)6-8(10)7-11-16(14,15)5-3-4-9(12)13/h8,11H,3-7H2,1-2H3,(H,12,13). The molecule has 94 valence electrons. The van der Waals surface area contributed by atoms with Crippen molar-refractivity contribution < 1.29 is 18.3 Å². The predicted molar refractivity (Wildman–Crippen MR) is 60.5 cm³/mol. The van der Waals surface area contributed by atoms with Crippen LogP contribution in [0.3, 0.4) is 0 Å². The second kappa shape index (κ2) is 4.71. The molecule has 1 fully saturated rings. The smallest absolute Gasteiger partial charge is 0.303 e. The molecule has 6 heteroatoms. The Kier molecular flexibility index (Phi) is 3.96. The van der Waals surface area contributed by atoms with Gasteiger partial charge >= 0.3 is 5.97 Å². The lowest BCUT2D eigenvalue weighted by Gasteiger charge is -2.06. The molecule has 1 aliphatic carbocycles. The number of nitrogens with one attached hydrogen (secondary N) is 1. The van der Waals surface area contributed by atoms with E-state index in [1.54, 1.807) is 0 Å². The van der Waals surface area contributed by atoms with Gasteiger partial charge in [0.1, 0.15) is 0 Å². The zero-order valence-corrected chi connectivity index (χ0v) is 10.5. The van der Waals surface area contributed by atoms with E-state index >= 15 is 0 Å². The first-order chi connectivity index (χ1) is 7.23. The van der Waals surface area contributed by atoms with Crippen LogP contribution in [-0.4, -0.2) is 31.8 Å². The molecule has 0 heterocycles. The predicted octanol–water partition coefficient (Wildman–Crippen LogP) is 0.817. The van der Waals surface area contributed by atoms with E-state index in [1.165, 1.54) is 0 Å². The Morgan fingerprint density at radius 2 is 2.06 bits per heavy atom. The Morgan fingerprint density at radius 3 is 2.50 bits per heavy atom. The molecule has 2 N–H and O–H groups in total. The molecule has 0 amide bonds. The van der Waals surface area contributed by atoms with Gasteiger partial charge in [-0.1, -0.05) is 13.8 Å². The Balaban J connectivity index is 2.22. The van der Waals surface area contributed by atoms with Gasteiger partial charge in [0, 0.05) is 13.0 Å². The van der Waals surface area contributed by atoms with Crippen molar-refractivity contribution in [3.8, 4) is 0 Å². The number of sulfonamides is 1.